The van der Waals surface area contributed by atoms with E-state index in [9.17, 15) is 14.4 Å². The highest BCUT2D eigenvalue weighted by molar-refractivity contribution is 6.30. The Hall–Kier alpha value is -2.66. The molecule has 0 spiro atoms. The number of nitrogens with zero attached hydrogens (tertiary/aromatic N) is 1. The highest BCUT2D eigenvalue weighted by atomic mass is 35.5. The summed E-state index contributed by atoms with van der Waals surface area (Å²) >= 11 is 5.80. The molecule has 0 unspecified atom stereocenters. The van der Waals surface area contributed by atoms with E-state index in [1.165, 1.54) is 18.7 Å². The van der Waals surface area contributed by atoms with E-state index in [-0.39, 0.29) is 24.1 Å². The third-order valence-corrected chi connectivity index (χ3v) is 3.63. The molecule has 0 radical (unpaired) electrons. The van der Waals surface area contributed by atoms with E-state index in [1.807, 2.05) is 0 Å². The van der Waals surface area contributed by atoms with Gasteiger partial charge in [-0.3, -0.25) is 14.4 Å². The van der Waals surface area contributed by atoms with Crippen molar-refractivity contribution < 1.29 is 14.4 Å². The summed E-state index contributed by atoms with van der Waals surface area (Å²) in [5, 5.41) is 3.27. The maximum absolute atomic E-state index is 12.2. The van der Waals surface area contributed by atoms with Crippen LogP contribution in [-0.2, 0) is 9.59 Å². The second-order valence-electron chi connectivity index (χ2n) is 5.27. The summed E-state index contributed by atoms with van der Waals surface area (Å²) in [5.41, 5.74) is 1.57. The summed E-state index contributed by atoms with van der Waals surface area (Å²) in [6.45, 7) is 2.67. The number of carbonyl (C=O) groups is 3. The fraction of sp³-hybridized carbons (Fsp3) is 0.167. The number of halogens is 1. The molecule has 0 bridgehead atoms. The van der Waals surface area contributed by atoms with Gasteiger partial charge in [0, 0.05) is 28.9 Å². The van der Waals surface area contributed by atoms with Crippen molar-refractivity contribution in [2.45, 2.75) is 13.8 Å². The van der Waals surface area contributed by atoms with E-state index in [0.717, 1.165) is 0 Å². The van der Waals surface area contributed by atoms with Gasteiger partial charge in [-0.15, -0.1) is 0 Å². The van der Waals surface area contributed by atoms with Gasteiger partial charge in [-0.05, 0) is 43.3 Å². The molecule has 2 amide bonds. The fourth-order valence-corrected chi connectivity index (χ4v) is 2.28. The Morgan fingerprint density at radius 1 is 1.04 bits per heavy atom. The van der Waals surface area contributed by atoms with E-state index in [4.69, 9.17) is 11.6 Å². The van der Waals surface area contributed by atoms with Gasteiger partial charge in [-0.2, -0.15) is 0 Å². The minimum Gasteiger partial charge on any atom is -0.325 e. The van der Waals surface area contributed by atoms with Crippen molar-refractivity contribution in [3.8, 4) is 0 Å². The van der Waals surface area contributed by atoms with Gasteiger partial charge in [0.2, 0.25) is 11.8 Å². The molecule has 6 heteroatoms. The zero-order valence-corrected chi connectivity index (χ0v) is 14.1. The van der Waals surface area contributed by atoms with E-state index in [2.05, 4.69) is 5.32 Å². The Kier molecular flexibility index (Phi) is 5.71. The molecule has 0 aromatic heterocycles. The first-order valence-corrected chi connectivity index (χ1v) is 7.69. The summed E-state index contributed by atoms with van der Waals surface area (Å²) in [6.07, 6.45) is 0. The number of ketones is 1. The lowest BCUT2D eigenvalue weighted by molar-refractivity contribution is -0.120. The number of hydrogen-bond acceptors (Lipinski definition) is 3. The zero-order chi connectivity index (χ0) is 17.7. The molecular formula is C18H17ClN2O3. The summed E-state index contributed by atoms with van der Waals surface area (Å²) in [6, 6.07) is 13.3. The molecule has 0 saturated heterocycles. The van der Waals surface area contributed by atoms with Crippen molar-refractivity contribution in [2.75, 3.05) is 16.8 Å². The normalized spacial score (nSPS) is 10.1. The first-order chi connectivity index (χ1) is 11.4. The molecule has 1 N–H and O–H groups in total. The average molecular weight is 345 g/mol. The second-order valence-corrected chi connectivity index (χ2v) is 5.70. The molecular weight excluding hydrogens is 328 g/mol. The van der Waals surface area contributed by atoms with E-state index < -0.39 is 0 Å². The van der Waals surface area contributed by atoms with Crippen LogP contribution in [0, 0.1) is 0 Å². The number of benzene rings is 2. The largest absolute Gasteiger partial charge is 0.325 e. The zero-order valence-electron chi connectivity index (χ0n) is 13.4. The summed E-state index contributed by atoms with van der Waals surface area (Å²) in [4.78, 5) is 36.9. The predicted octanol–water partition coefficient (Wildman–Crippen LogP) is 3.53. The van der Waals surface area contributed by atoms with Gasteiger partial charge in [-0.25, -0.2) is 0 Å². The number of nitrogens with one attached hydrogen (secondary N) is 1. The monoisotopic (exact) mass is 344 g/mol. The Morgan fingerprint density at radius 3 is 2.29 bits per heavy atom. The lowest BCUT2D eigenvalue weighted by Crippen LogP contribution is -2.36. The third-order valence-electron chi connectivity index (χ3n) is 3.37. The van der Waals surface area contributed by atoms with Crippen LogP contribution in [0.2, 0.25) is 5.02 Å². The average Bonchev–Trinajstić information content (AvgIpc) is 2.54. The Bertz CT molecular complexity index is 772. The van der Waals surface area contributed by atoms with Gasteiger partial charge >= 0.3 is 0 Å². The lowest BCUT2D eigenvalue weighted by Gasteiger charge is -2.21. The van der Waals surface area contributed by atoms with Crippen LogP contribution in [0.25, 0.3) is 0 Å². The number of anilines is 2. The van der Waals surface area contributed by atoms with Crippen LogP contribution in [0.15, 0.2) is 48.5 Å². The van der Waals surface area contributed by atoms with Crippen molar-refractivity contribution in [1.82, 2.24) is 0 Å². The highest BCUT2D eigenvalue weighted by Gasteiger charge is 2.17. The second kappa shape index (κ2) is 7.75. The molecule has 0 fully saturated rings. The standard InChI is InChI=1S/C18H17ClN2O3/c1-12(22)14-4-3-5-17(10-14)21(13(2)23)11-18(24)20-16-8-6-15(19)7-9-16/h3-10H,11H2,1-2H3,(H,20,24). The quantitative estimate of drug-likeness (QED) is 0.844. The minimum absolute atomic E-state index is 0.106. The topological polar surface area (TPSA) is 66.5 Å². The van der Waals surface area contributed by atoms with Gasteiger partial charge in [0.25, 0.3) is 0 Å². The molecule has 2 aromatic rings. The molecule has 0 aliphatic heterocycles. The first-order valence-electron chi connectivity index (χ1n) is 7.31. The molecule has 2 rings (SSSR count). The molecule has 0 heterocycles. The van der Waals surface area contributed by atoms with Gasteiger partial charge in [0.1, 0.15) is 6.54 Å². The summed E-state index contributed by atoms with van der Waals surface area (Å²) < 4.78 is 0. The van der Waals surface area contributed by atoms with Gasteiger partial charge in [0.05, 0.1) is 0 Å². The molecule has 0 aliphatic rings. The van der Waals surface area contributed by atoms with Crippen molar-refractivity contribution in [1.29, 1.82) is 0 Å². The van der Waals surface area contributed by atoms with Crippen LogP contribution in [0.5, 0.6) is 0 Å². The number of hydrogen-bond donors (Lipinski definition) is 1. The van der Waals surface area contributed by atoms with Crippen LogP contribution in [-0.4, -0.2) is 24.1 Å². The fourth-order valence-electron chi connectivity index (χ4n) is 2.15. The molecule has 0 atom stereocenters. The van der Waals surface area contributed by atoms with Gasteiger partial charge < -0.3 is 10.2 Å². The van der Waals surface area contributed by atoms with Crippen LogP contribution in [0.4, 0.5) is 11.4 Å². The van der Waals surface area contributed by atoms with Gasteiger partial charge in [-0.1, -0.05) is 23.7 Å². The predicted molar refractivity (Wildman–Crippen MR) is 94.6 cm³/mol. The van der Waals surface area contributed by atoms with Crippen LogP contribution in [0.1, 0.15) is 24.2 Å². The number of Topliss-reactive ketones (excluding diaryl/α,β-unsaturated/α-hetero) is 1. The molecule has 0 aliphatic carbocycles. The van der Waals surface area contributed by atoms with Crippen molar-refractivity contribution in [3.05, 3.63) is 59.1 Å². The molecule has 124 valence electrons. The van der Waals surface area contributed by atoms with Crippen molar-refractivity contribution >= 4 is 40.6 Å². The minimum atomic E-state index is -0.347. The van der Waals surface area contributed by atoms with Crippen molar-refractivity contribution in [3.63, 3.8) is 0 Å². The van der Waals surface area contributed by atoms with E-state index in [0.29, 0.717) is 22.0 Å². The number of amides is 2. The van der Waals surface area contributed by atoms with Gasteiger partial charge in [0.15, 0.2) is 5.78 Å². The third kappa shape index (κ3) is 4.67. The molecule has 2 aromatic carbocycles. The first kappa shape index (κ1) is 17.7. The molecule has 24 heavy (non-hydrogen) atoms. The van der Waals surface area contributed by atoms with E-state index in [1.54, 1.807) is 48.5 Å². The lowest BCUT2D eigenvalue weighted by atomic mass is 10.1. The van der Waals surface area contributed by atoms with Crippen LogP contribution < -0.4 is 10.2 Å². The highest BCUT2D eigenvalue weighted by Crippen LogP contribution is 2.18. The van der Waals surface area contributed by atoms with Crippen LogP contribution >= 0.6 is 11.6 Å². The Labute approximate surface area is 145 Å². The Balaban J connectivity index is 2.15. The Morgan fingerprint density at radius 2 is 1.71 bits per heavy atom. The summed E-state index contributed by atoms with van der Waals surface area (Å²) in [7, 11) is 0. The number of carbonyl (C=O) groups excluding carboxylic acids is 3. The SMILES string of the molecule is CC(=O)c1cccc(N(CC(=O)Nc2ccc(Cl)cc2)C(C)=O)c1. The summed E-state index contributed by atoms with van der Waals surface area (Å²) in [5.74, 6) is -0.742. The molecule has 5 nitrogen and oxygen atoms in total. The maximum Gasteiger partial charge on any atom is 0.244 e. The smallest absolute Gasteiger partial charge is 0.244 e. The van der Waals surface area contributed by atoms with Crippen LogP contribution in [0.3, 0.4) is 0 Å². The van der Waals surface area contributed by atoms with E-state index >= 15 is 0 Å². The molecule has 0 saturated carbocycles. The number of rotatable bonds is 5. The van der Waals surface area contributed by atoms with Crippen molar-refractivity contribution in [2.24, 2.45) is 0 Å². The maximum atomic E-state index is 12.2.